The zero-order valence-electron chi connectivity index (χ0n) is 10.8. The predicted molar refractivity (Wildman–Crippen MR) is 73.0 cm³/mol. The first-order chi connectivity index (χ1) is 8.88. The zero-order valence-corrected chi connectivity index (χ0v) is 10.8. The Morgan fingerprint density at radius 3 is 2.72 bits per heavy atom. The third-order valence-electron chi connectivity index (χ3n) is 3.63. The molecule has 0 spiro atoms. The lowest BCUT2D eigenvalue weighted by Gasteiger charge is -2.14. The SMILES string of the molecule is CNCc1ccc(-n2cnc3c2CCCC3)cc1. The molecule has 3 heteroatoms. The minimum Gasteiger partial charge on any atom is -0.316 e. The third kappa shape index (κ3) is 2.06. The molecule has 94 valence electrons. The van der Waals surface area contributed by atoms with Crippen molar-refractivity contribution in [1.29, 1.82) is 0 Å². The molecule has 1 heterocycles. The summed E-state index contributed by atoms with van der Waals surface area (Å²) in [5.41, 5.74) is 5.24. The van der Waals surface area contributed by atoms with Gasteiger partial charge < -0.3 is 9.88 Å². The molecule has 18 heavy (non-hydrogen) atoms. The fraction of sp³-hybridized carbons (Fsp3) is 0.400. The average Bonchev–Trinajstić information content (AvgIpc) is 2.84. The van der Waals surface area contributed by atoms with E-state index in [1.807, 2.05) is 13.4 Å². The van der Waals surface area contributed by atoms with E-state index in [0.717, 1.165) is 19.4 Å². The van der Waals surface area contributed by atoms with Crippen LogP contribution in [-0.2, 0) is 19.4 Å². The number of hydrogen-bond donors (Lipinski definition) is 1. The van der Waals surface area contributed by atoms with E-state index in [2.05, 4.69) is 39.1 Å². The van der Waals surface area contributed by atoms with E-state index < -0.39 is 0 Å². The summed E-state index contributed by atoms with van der Waals surface area (Å²) in [7, 11) is 1.97. The largest absolute Gasteiger partial charge is 0.316 e. The normalized spacial score (nSPS) is 14.5. The molecule has 1 aliphatic carbocycles. The minimum atomic E-state index is 0.919. The van der Waals surface area contributed by atoms with Crippen molar-refractivity contribution in [3.8, 4) is 5.69 Å². The quantitative estimate of drug-likeness (QED) is 0.894. The summed E-state index contributed by atoms with van der Waals surface area (Å²) in [6.07, 6.45) is 6.85. The molecule has 3 rings (SSSR count). The van der Waals surface area contributed by atoms with Gasteiger partial charge in [-0.05, 0) is 50.4 Å². The van der Waals surface area contributed by atoms with E-state index in [1.165, 1.54) is 35.5 Å². The fourth-order valence-corrected chi connectivity index (χ4v) is 2.67. The highest BCUT2D eigenvalue weighted by molar-refractivity contribution is 5.38. The first kappa shape index (κ1) is 11.5. The number of rotatable bonds is 3. The summed E-state index contributed by atoms with van der Waals surface area (Å²) in [4.78, 5) is 4.54. The molecule has 3 nitrogen and oxygen atoms in total. The Bertz CT molecular complexity index is 525. The van der Waals surface area contributed by atoms with Gasteiger partial charge in [0.1, 0.15) is 0 Å². The Hall–Kier alpha value is -1.61. The topological polar surface area (TPSA) is 29.9 Å². The van der Waals surface area contributed by atoms with Gasteiger partial charge in [-0.15, -0.1) is 0 Å². The van der Waals surface area contributed by atoms with Crippen molar-refractivity contribution in [3.63, 3.8) is 0 Å². The smallest absolute Gasteiger partial charge is 0.0997 e. The van der Waals surface area contributed by atoms with Gasteiger partial charge in [0.05, 0.1) is 12.0 Å². The maximum atomic E-state index is 4.54. The highest BCUT2D eigenvalue weighted by atomic mass is 15.1. The lowest BCUT2D eigenvalue weighted by Crippen LogP contribution is -2.07. The van der Waals surface area contributed by atoms with Gasteiger partial charge in [0.25, 0.3) is 0 Å². The van der Waals surface area contributed by atoms with E-state index in [1.54, 1.807) is 0 Å². The molecule has 0 saturated heterocycles. The second-order valence-electron chi connectivity index (χ2n) is 4.91. The first-order valence-corrected chi connectivity index (χ1v) is 6.67. The Balaban J connectivity index is 1.92. The summed E-state index contributed by atoms with van der Waals surface area (Å²) in [6, 6.07) is 8.73. The molecule has 1 aromatic heterocycles. The van der Waals surface area contributed by atoms with Gasteiger partial charge in [0.2, 0.25) is 0 Å². The van der Waals surface area contributed by atoms with Gasteiger partial charge in [0, 0.05) is 17.9 Å². The molecule has 2 aromatic rings. The molecule has 0 bridgehead atoms. The van der Waals surface area contributed by atoms with Crippen LogP contribution >= 0.6 is 0 Å². The number of nitrogens with zero attached hydrogens (tertiary/aromatic N) is 2. The molecule has 0 saturated carbocycles. The summed E-state index contributed by atoms with van der Waals surface area (Å²) in [5, 5.41) is 3.17. The van der Waals surface area contributed by atoms with Crippen LogP contribution in [0.25, 0.3) is 5.69 Å². The van der Waals surface area contributed by atoms with E-state index >= 15 is 0 Å². The van der Waals surface area contributed by atoms with Gasteiger partial charge in [-0.25, -0.2) is 4.98 Å². The molecule has 0 fully saturated rings. The number of aromatic nitrogens is 2. The molecule has 1 N–H and O–H groups in total. The standard InChI is InChI=1S/C15H19N3/c1-16-10-12-6-8-13(9-7-12)18-11-17-14-4-2-3-5-15(14)18/h6-9,11,16H,2-5,10H2,1H3. The number of hydrogen-bond acceptors (Lipinski definition) is 2. The number of imidazole rings is 1. The second kappa shape index (κ2) is 4.94. The Morgan fingerprint density at radius 1 is 1.17 bits per heavy atom. The van der Waals surface area contributed by atoms with Gasteiger partial charge in [-0.2, -0.15) is 0 Å². The van der Waals surface area contributed by atoms with Crippen molar-refractivity contribution in [2.45, 2.75) is 32.2 Å². The van der Waals surface area contributed by atoms with Crippen molar-refractivity contribution in [1.82, 2.24) is 14.9 Å². The monoisotopic (exact) mass is 241 g/mol. The van der Waals surface area contributed by atoms with Gasteiger partial charge >= 0.3 is 0 Å². The number of nitrogens with one attached hydrogen (secondary N) is 1. The molecular weight excluding hydrogens is 222 g/mol. The van der Waals surface area contributed by atoms with E-state index in [9.17, 15) is 0 Å². The van der Waals surface area contributed by atoms with Crippen LogP contribution in [-0.4, -0.2) is 16.6 Å². The van der Waals surface area contributed by atoms with Crippen LogP contribution in [0.2, 0.25) is 0 Å². The maximum absolute atomic E-state index is 4.54. The molecule has 0 amide bonds. The average molecular weight is 241 g/mol. The van der Waals surface area contributed by atoms with E-state index in [-0.39, 0.29) is 0 Å². The Kier molecular flexibility index (Phi) is 3.15. The molecule has 0 unspecified atom stereocenters. The van der Waals surface area contributed by atoms with Crippen molar-refractivity contribution in [3.05, 3.63) is 47.5 Å². The zero-order chi connectivity index (χ0) is 12.4. The second-order valence-corrected chi connectivity index (χ2v) is 4.91. The highest BCUT2D eigenvalue weighted by Gasteiger charge is 2.15. The minimum absolute atomic E-state index is 0.919. The van der Waals surface area contributed by atoms with Crippen LogP contribution in [0, 0.1) is 0 Å². The maximum Gasteiger partial charge on any atom is 0.0997 e. The van der Waals surface area contributed by atoms with Crippen LogP contribution in [0.4, 0.5) is 0 Å². The highest BCUT2D eigenvalue weighted by Crippen LogP contribution is 2.23. The molecule has 1 aromatic carbocycles. The van der Waals surface area contributed by atoms with E-state index in [4.69, 9.17) is 0 Å². The summed E-state index contributed by atoms with van der Waals surface area (Å²) in [6.45, 7) is 0.919. The van der Waals surface area contributed by atoms with Crippen molar-refractivity contribution in [2.75, 3.05) is 7.05 Å². The van der Waals surface area contributed by atoms with Crippen LogP contribution in [0.5, 0.6) is 0 Å². The molecule has 1 aliphatic rings. The first-order valence-electron chi connectivity index (χ1n) is 6.67. The summed E-state index contributed by atoms with van der Waals surface area (Å²) < 4.78 is 2.25. The lowest BCUT2D eigenvalue weighted by molar-refractivity contribution is 0.656. The van der Waals surface area contributed by atoms with E-state index in [0.29, 0.717) is 0 Å². The number of fused-ring (bicyclic) bond motifs is 1. The van der Waals surface area contributed by atoms with Crippen LogP contribution < -0.4 is 5.32 Å². The fourth-order valence-electron chi connectivity index (χ4n) is 2.67. The van der Waals surface area contributed by atoms with Crippen molar-refractivity contribution < 1.29 is 0 Å². The van der Waals surface area contributed by atoms with Crippen molar-refractivity contribution in [2.24, 2.45) is 0 Å². The van der Waals surface area contributed by atoms with Crippen LogP contribution in [0.3, 0.4) is 0 Å². The number of aryl methyl sites for hydroxylation is 1. The Morgan fingerprint density at radius 2 is 1.94 bits per heavy atom. The third-order valence-corrected chi connectivity index (χ3v) is 3.63. The Labute approximate surface area is 108 Å². The predicted octanol–water partition coefficient (Wildman–Crippen LogP) is 2.47. The molecule has 0 atom stereocenters. The van der Waals surface area contributed by atoms with Crippen molar-refractivity contribution >= 4 is 0 Å². The molecule has 0 aliphatic heterocycles. The molecule has 0 radical (unpaired) electrons. The number of benzene rings is 1. The summed E-state index contributed by atoms with van der Waals surface area (Å²) in [5.74, 6) is 0. The van der Waals surface area contributed by atoms with Gasteiger partial charge in [-0.1, -0.05) is 12.1 Å². The van der Waals surface area contributed by atoms with Crippen LogP contribution in [0.1, 0.15) is 29.8 Å². The van der Waals surface area contributed by atoms with Gasteiger partial charge in [0.15, 0.2) is 0 Å². The lowest BCUT2D eigenvalue weighted by atomic mass is 10.0. The summed E-state index contributed by atoms with van der Waals surface area (Å²) >= 11 is 0. The van der Waals surface area contributed by atoms with Gasteiger partial charge in [-0.3, -0.25) is 0 Å². The molecular formula is C15H19N3. The van der Waals surface area contributed by atoms with Crippen LogP contribution in [0.15, 0.2) is 30.6 Å².